The molecule has 1 aromatic heterocycles. The van der Waals surface area contributed by atoms with Crippen LogP contribution in [-0.2, 0) is 0 Å². The van der Waals surface area contributed by atoms with Gasteiger partial charge in [0.1, 0.15) is 17.3 Å². The quantitative estimate of drug-likeness (QED) is 0.898. The molecule has 0 saturated heterocycles. The number of rotatable bonds is 3. The number of anilines is 2. The summed E-state index contributed by atoms with van der Waals surface area (Å²) in [6.07, 6.45) is -4.74. The lowest BCUT2D eigenvalue weighted by Gasteiger charge is -2.10. The number of nitrogen functional groups attached to an aromatic ring is 2. The predicted molar refractivity (Wildman–Crippen MR) is 64.1 cm³/mol. The van der Waals surface area contributed by atoms with E-state index in [0.717, 1.165) is 12.1 Å². The van der Waals surface area contributed by atoms with E-state index in [0.29, 0.717) is 0 Å². The Kier molecular flexibility index (Phi) is 3.51. The van der Waals surface area contributed by atoms with Crippen LogP contribution >= 0.6 is 0 Å². The third-order valence-corrected chi connectivity index (χ3v) is 2.02. The second-order valence-electron chi connectivity index (χ2n) is 3.61. The summed E-state index contributed by atoms with van der Waals surface area (Å²) < 4.78 is 44.9. The van der Waals surface area contributed by atoms with Gasteiger partial charge < -0.3 is 20.9 Å². The highest BCUT2D eigenvalue weighted by Gasteiger charge is 2.30. The van der Waals surface area contributed by atoms with Crippen molar-refractivity contribution in [2.45, 2.75) is 6.36 Å². The third-order valence-electron chi connectivity index (χ3n) is 2.02. The summed E-state index contributed by atoms with van der Waals surface area (Å²) in [6, 6.07) is 6.12. The number of benzene rings is 1. The Morgan fingerprint density at radius 1 is 0.950 bits per heavy atom. The molecule has 0 spiro atoms. The third kappa shape index (κ3) is 3.90. The molecule has 0 saturated carbocycles. The zero-order valence-corrected chi connectivity index (χ0v) is 9.89. The first-order valence-electron chi connectivity index (χ1n) is 5.25. The highest BCUT2D eigenvalue weighted by molar-refractivity contribution is 5.41. The summed E-state index contributed by atoms with van der Waals surface area (Å²) in [5, 5.41) is 0. The number of ether oxygens (including phenoxy) is 2. The molecule has 0 amide bonds. The van der Waals surface area contributed by atoms with Gasteiger partial charge in [0.05, 0.1) is 0 Å². The van der Waals surface area contributed by atoms with E-state index in [1.54, 1.807) is 0 Å². The lowest BCUT2D eigenvalue weighted by molar-refractivity contribution is -0.274. The van der Waals surface area contributed by atoms with Crippen molar-refractivity contribution in [3.05, 3.63) is 30.3 Å². The van der Waals surface area contributed by atoms with Crippen molar-refractivity contribution in [3.8, 4) is 17.4 Å². The summed E-state index contributed by atoms with van der Waals surface area (Å²) in [5.41, 5.74) is 10.8. The van der Waals surface area contributed by atoms with Gasteiger partial charge >= 0.3 is 6.36 Å². The largest absolute Gasteiger partial charge is 0.573 e. The molecule has 2 rings (SSSR count). The maximum Gasteiger partial charge on any atom is 0.573 e. The summed E-state index contributed by atoms with van der Waals surface area (Å²) in [4.78, 5) is 7.41. The second kappa shape index (κ2) is 5.11. The van der Waals surface area contributed by atoms with Crippen molar-refractivity contribution in [1.29, 1.82) is 0 Å². The van der Waals surface area contributed by atoms with E-state index in [1.807, 2.05) is 0 Å². The molecular weight excluding hydrogens is 277 g/mol. The van der Waals surface area contributed by atoms with Crippen molar-refractivity contribution >= 4 is 11.8 Å². The van der Waals surface area contributed by atoms with Crippen molar-refractivity contribution < 1.29 is 22.6 Å². The zero-order chi connectivity index (χ0) is 14.8. The van der Waals surface area contributed by atoms with Crippen LogP contribution in [0, 0.1) is 0 Å². The fourth-order valence-corrected chi connectivity index (χ4v) is 1.34. The molecule has 0 radical (unpaired) electrons. The first kappa shape index (κ1) is 13.7. The Balaban J connectivity index is 2.10. The minimum absolute atomic E-state index is 0.0722. The van der Waals surface area contributed by atoms with Gasteiger partial charge in [-0.05, 0) is 24.3 Å². The van der Waals surface area contributed by atoms with Crippen LogP contribution in [0.15, 0.2) is 30.3 Å². The van der Waals surface area contributed by atoms with Crippen LogP contribution in [0.2, 0.25) is 0 Å². The van der Waals surface area contributed by atoms with E-state index in [4.69, 9.17) is 16.2 Å². The zero-order valence-electron chi connectivity index (χ0n) is 9.89. The summed E-state index contributed by atoms with van der Waals surface area (Å²) in [6.45, 7) is 0. The van der Waals surface area contributed by atoms with E-state index >= 15 is 0 Å². The van der Waals surface area contributed by atoms with Gasteiger partial charge in [-0.1, -0.05) is 0 Å². The van der Waals surface area contributed by atoms with Crippen LogP contribution in [0.5, 0.6) is 17.4 Å². The van der Waals surface area contributed by atoms with Crippen molar-refractivity contribution in [2.75, 3.05) is 11.5 Å². The molecular formula is C11H9F3N4O2. The summed E-state index contributed by atoms with van der Waals surface area (Å²) in [7, 11) is 0. The van der Waals surface area contributed by atoms with Gasteiger partial charge in [-0.2, -0.15) is 9.97 Å². The van der Waals surface area contributed by atoms with Crippen molar-refractivity contribution in [1.82, 2.24) is 9.97 Å². The first-order valence-corrected chi connectivity index (χ1v) is 5.25. The molecule has 106 valence electrons. The Hall–Kier alpha value is -2.71. The van der Waals surface area contributed by atoms with Crippen LogP contribution in [0.25, 0.3) is 0 Å². The SMILES string of the molecule is Nc1cc(Oc2ccc(OC(F)(F)F)cc2)nc(N)n1. The molecule has 1 heterocycles. The number of hydrogen-bond donors (Lipinski definition) is 2. The van der Waals surface area contributed by atoms with Crippen molar-refractivity contribution in [2.24, 2.45) is 0 Å². The molecule has 1 aromatic carbocycles. The molecule has 0 aliphatic heterocycles. The summed E-state index contributed by atoms with van der Waals surface area (Å²) >= 11 is 0. The molecule has 0 atom stereocenters. The van der Waals surface area contributed by atoms with E-state index in [9.17, 15) is 13.2 Å². The molecule has 20 heavy (non-hydrogen) atoms. The molecule has 4 N–H and O–H groups in total. The number of aromatic nitrogens is 2. The molecule has 0 aliphatic carbocycles. The molecule has 9 heteroatoms. The lowest BCUT2D eigenvalue weighted by atomic mass is 10.3. The van der Waals surface area contributed by atoms with Crippen LogP contribution in [0.1, 0.15) is 0 Å². The maximum atomic E-state index is 12.0. The van der Waals surface area contributed by atoms with Gasteiger partial charge in [0, 0.05) is 6.07 Å². The Labute approximate surface area is 111 Å². The molecule has 0 unspecified atom stereocenters. The van der Waals surface area contributed by atoms with Crippen LogP contribution < -0.4 is 20.9 Å². The monoisotopic (exact) mass is 286 g/mol. The second-order valence-corrected chi connectivity index (χ2v) is 3.61. The van der Waals surface area contributed by atoms with Gasteiger partial charge in [0.25, 0.3) is 0 Å². The fourth-order valence-electron chi connectivity index (χ4n) is 1.34. The minimum atomic E-state index is -4.74. The van der Waals surface area contributed by atoms with Gasteiger partial charge in [0.2, 0.25) is 11.8 Å². The number of hydrogen-bond acceptors (Lipinski definition) is 6. The normalized spacial score (nSPS) is 11.2. The Morgan fingerprint density at radius 2 is 1.55 bits per heavy atom. The Morgan fingerprint density at radius 3 is 2.10 bits per heavy atom. The molecule has 0 fully saturated rings. The molecule has 0 bridgehead atoms. The van der Waals surface area contributed by atoms with Crippen LogP contribution in [-0.4, -0.2) is 16.3 Å². The van der Waals surface area contributed by atoms with Gasteiger partial charge in [-0.15, -0.1) is 13.2 Å². The Bertz CT molecular complexity index is 581. The highest BCUT2D eigenvalue weighted by Crippen LogP contribution is 2.27. The van der Waals surface area contributed by atoms with Gasteiger partial charge in [0.15, 0.2) is 0 Å². The van der Waals surface area contributed by atoms with Crippen LogP contribution in [0.4, 0.5) is 24.9 Å². The minimum Gasteiger partial charge on any atom is -0.439 e. The fraction of sp³-hybridized carbons (Fsp3) is 0.0909. The highest BCUT2D eigenvalue weighted by atomic mass is 19.4. The van der Waals surface area contributed by atoms with E-state index < -0.39 is 6.36 Å². The average molecular weight is 286 g/mol. The first-order chi connectivity index (χ1) is 9.32. The molecule has 2 aromatic rings. The predicted octanol–water partition coefficient (Wildman–Crippen LogP) is 2.33. The molecule has 6 nitrogen and oxygen atoms in total. The standard InChI is InChI=1S/C11H9F3N4O2/c12-11(13,14)20-7-3-1-6(2-4-7)19-9-5-8(15)17-10(16)18-9/h1-5H,(H4,15,16,17,18). The van der Waals surface area contributed by atoms with Gasteiger partial charge in [-0.3, -0.25) is 0 Å². The van der Waals surface area contributed by atoms with Gasteiger partial charge in [-0.25, -0.2) is 0 Å². The number of nitrogens with zero attached hydrogens (tertiary/aromatic N) is 2. The van der Waals surface area contributed by atoms with E-state index in [1.165, 1.54) is 18.2 Å². The topological polar surface area (TPSA) is 96.3 Å². The lowest BCUT2D eigenvalue weighted by Crippen LogP contribution is -2.16. The van der Waals surface area contributed by atoms with E-state index in [2.05, 4.69) is 14.7 Å². The van der Waals surface area contributed by atoms with E-state index in [-0.39, 0.29) is 29.1 Å². The molecule has 0 aliphatic rings. The smallest absolute Gasteiger partial charge is 0.439 e. The maximum absolute atomic E-state index is 12.0. The average Bonchev–Trinajstić information content (AvgIpc) is 2.28. The summed E-state index contributed by atoms with van der Waals surface area (Å²) in [5.74, 6) is 0.0182. The number of nitrogens with two attached hydrogens (primary N) is 2. The number of halogens is 3. The van der Waals surface area contributed by atoms with Crippen LogP contribution in [0.3, 0.4) is 0 Å². The van der Waals surface area contributed by atoms with Crippen molar-refractivity contribution in [3.63, 3.8) is 0 Å². The number of alkyl halides is 3.